The number of amides is 3. The summed E-state index contributed by atoms with van der Waals surface area (Å²) in [4.78, 5) is 25.3. The number of hydrogen-bond acceptors (Lipinski definition) is 4. The van der Waals surface area contributed by atoms with Gasteiger partial charge in [0.1, 0.15) is 0 Å². The summed E-state index contributed by atoms with van der Waals surface area (Å²) in [7, 11) is -3.01. The molecule has 3 amide bonds. The van der Waals surface area contributed by atoms with E-state index in [0.717, 1.165) is 18.7 Å². The first-order chi connectivity index (χ1) is 10.9. The number of sulfone groups is 1. The van der Waals surface area contributed by atoms with Crippen LogP contribution in [0.1, 0.15) is 19.3 Å². The van der Waals surface area contributed by atoms with Gasteiger partial charge in [-0.15, -0.1) is 0 Å². The van der Waals surface area contributed by atoms with Gasteiger partial charge >= 0.3 is 6.03 Å². The number of hydrogen-bond donors (Lipinski definition) is 2. The molecule has 2 aliphatic heterocycles. The molecule has 2 heterocycles. The van der Waals surface area contributed by atoms with Gasteiger partial charge in [-0.3, -0.25) is 4.79 Å². The molecule has 23 heavy (non-hydrogen) atoms. The Morgan fingerprint density at radius 2 is 1.96 bits per heavy atom. The van der Waals surface area contributed by atoms with E-state index in [9.17, 15) is 18.0 Å². The zero-order valence-corrected chi connectivity index (χ0v) is 13.4. The van der Waals surface area contributed by atoms with E-state index in [1.54, 1.807) is 29.2 Å². The molecule has 0 aliphatic carbocycles. The molecule has 1 aromatic carbocycles. The minimum Gasteiger partial charge on any atom is -0.334 e. The smallest absolute Gasteiger partial charge is 0.319 e. The topological polar surface area (TPSA) is 95.6 Å². The Balaban J connectivity index is 1.56. The van der Waals surface area contributed by atoms with Gasteiger partial charge < -0.3 is 15.5 Å². The molecule has 0 saturated carbocycles. The van der Waals surface area contributed by atoms with Crippen LogP contribution in [0.5, 0.6) is 0 Å². The Bertz CT molecular complexity index is 715. The van der Waals surface area contributed by atoms with Crippen LogP contribution in [-0.2, 0) is 14.6 Å². The summed E-state index contributed by atoms with van der Waals surface area (Å²) in [6, 6.07) is 6.29. The molecule has 0 radical (unpaired) electrons. The SMILES string of the molecule is O=C(Nc1ccc(N2CCCC2=O)cc1)NC1CCS(=O)(=O)C1. The highest BCUT2D eigenvalue weighted by Gasteiger charge is 2.29. The zero-order chi connectivity index (χ0) is 16.4. The maximum Gasteiger partial charge on any atom is 0.319 e. The molecule has 2 aliphatic rings. The third-order valence-electron chi connectivity index (χ3n) is 4.08. The number of carbonyl (C=O) groups excluding carboxylic acids is 2. The summed E-state index contributed by atoms with van der Waals surface area (Å²) < 4.78 is 22.7. The minimum absolute atomic E-state index is 0.00354. The minimum atomic E-state index is -3.01. The van der Waals surface area contributed by atoms with Crippen molar-refractivity contribution in [3.8, 4) is 0 Å². The van der Waals surface area contributed by atoms with Crippen molar-refractivity contribution in [2.45, 2.75) is 25.3 Å². The quantitative estimate of drug-likeness (QED) is 0.864. The van der Waals surface area contributed by atoms with Crippen molar-refractivity contribution >= 4 is 33.2 Å². The van der Waals surface area contributed by atoms with Crippen LogP contribution in [0.3, 0.4) is 0 Å². The second-order valence-corrected chi connectivity index (χ2v) is 8.12. The van der Waals surface area contributed by atoms with Crippen molar-refractivity contribution in [1.29, 1.82) is 0 Å². The maximum atomic E-state index is 11.9. The van der Waals surface area contributed by atoms with Gasteiger partial charge in [-0.05, 0) is 37.1 Å². The fourth-order valence-corrected chi connectivity index (χ4v) is 4.58. The molecule has 3 rings (SSSR count). The average Bonchev–Trinajstić information content (AvgIpc) is 3.05. The molecule has 2 N–H and O–H groups in total. The molecule has 0 bridgehead atoms. The van der Waals surface area contributed by atoms with Crippen molar-refractivity contribution in [1.82, 2.24) is 5.32 Å². The molecule has 0 aromatic heterocycles. The van der Waals surface area contributed by atoms with Crippen molar-refractivity contribution in [3.05, 3.63) is 24.3 Å². The number of nitrogens with zero attached hydrogens (tertiary/aromatic N) is 1. The van der Waals surface area contributed by atoms with Crippen LogP contribution < -0.4 is 15.5 Å². The molecule has 2 saturated heterocycles. The lowest BCUT2D eigenvalue weighted by Crippen LogP contribution is -2.38. The maximum absolute atomic E-state index is 11.9. The molecule has 7 nitrogen and oxygen atoms in total. The van der Waals surface area contributed by atoms with Crippen LogP contribution in [0, 0.1) is 0 Å². The first kappa shape index (κ1) is 15.8. The number of urea groups is 1. The van der Waals surface area contributed by atoms with E-state index >= 15 is 0 Å². The fourth-order valence-electron chi connectivity index (χ4n) is 2.91. The van der Waals surface area contributed by atoms with Gasteiger partial charge in [0.15, 0.2) is 9.84 Å². The van der Waals surface area contributed by atoms with Crippen LogP contribution in [-0.4, -0.2) is 44.4 Å². The monoisotopic (exact) mass is 337 g/mol. The highest BCUT2D eigenvalue weighted by atomic mass is 32.2. The van der Waals surface area contributed by atoms with Gasteiger partial charge in [-0.2, -0.15) is 0 Å². The fraction of sp³-hybridized carbons (Fsp3) is 0.467. The van der Waals surface area contributed by atoms with E-state index in [1.165, 1.54) is 0 Å². The summed E-state index contributed by atoms with van der Waals surface area (Å²) >= 11 is 0. The Hall–Kier alpha value is -2.09. The molecule has 8 heteroatoms. The predicted molar refractivity (Wildman–Crippen MR) is 87.2 cm³/mol. The summed E-state index contributed by atoms with van der Waals surface area (Å²) in [5, 5.41) is 5.34. The van der Waals surface area contributed by atoms with Gasteiger partial charge in [0.25, 0.3) is 0 Å². The lowest BCUT2D eigenvalue weighted by molar-refractivity contribution is -0.117. The summed E-state index contributed by atoms with van der Waals surface area (Å²) in [5.74, 6) is 0.235. The van der Waals surface area contributed by atoms with Gasteiger partial charge in [0.2, 0.25) is 5.91 Å². The predicted octanol–water partition coefficient (Wildman–Crippen LogP) is 1.12. The highest BCUT2D eigenvalue weighted by Crippen LogP contribution is 2.23. The molecule has 1 atom stereocenters. The van der Waals surface area contributed by atoms with Gasteiger partial charge in [-0.1, -0.05) is 0 Å². The van der Waals surface area contributed by atoms with Crippen LogP contribution in [0.25, 0.3) is 0 Å². The Morgan fingerprint density at radius 1 is 1.22 bits per heavy atom. The molecule has 124 valence electrons. The van der Waals surface area contributed by atoms with E-state index < -0.39 is 15.9 Å². The second-order valence-electron chi connectivity index (χ2n) is 5.89. The van der Waals surface area contributed by atoms with Crippen molar-refractivity contribution < 1.29 is 18.0 Å². The zero-order valence-electron chi connectivity index (χ0n) is 12.6. The lowest BCUT2D eigenvalue weighted by Gasteiger charge is -2.16. The third-order valence-corrected chi connectivity index (χ3v) is 5.85. The molecule has 1 unspecified atom stereocenters. The van der Waals surface area contributed by atoms with Crippen molar-refractivity contribution in [2.75, 3.05) is 28.3 Å². The van der Waals surface area contributed by atoms with Crippen molar-refractivity contribution in [3.63, 3.8) is 0 Å². The first-order valence-electron chi connectivity index (χ1n) is 7.61. The molecule has 1 aromatic rings. The number of rotatable bonds is 3. The van der Waals surface area contributed by atoms with E-state index in [1.807, 2.05) is 0 Å². The van der Waals surface area contributed by atoms with Gasteiger partial charge in [0.05, 0.1) is 11.5 Å². The molecule has 2 fully saturated rings. The van der Waals surface area contributed by atoms with E-state index in [4.69, 9.17) is 0 Å². The Labute approximate surface area is 135 Å². The summed E-state index contributed by atoms with van der Waals surface area (Å²) in [5.41, 5.74) is 1.42. The first-order valence-corrected chi connectivity index (χ1v) is 9.43. The standard InChI is InChI=1S/C15H19N3O4S/c19-14-2-1-8-18(14)13-5-3-11(4-6-13)16-15(20)17-12-7-9-23(21,22)10-12/h3-6,12H,1-2,7-10H2,(H2,16,17,20). The normalized spacial score (nSPS) is 23.0. The van der Waals surface area contributed by atoms with Crippen LogP contribution in [0.4, 0.5) is 16.2 Å². The van der Waals surface area contributed by atoms with Gasteiger partial charge in [-0.25, -0.2) is 13.2 Å². The van der Waals surface area contributed by atoms with E-state index in [2.05, 4.69) is 10.6 Å². The molecular formula is C15H19N3O4S. The van der Waals surface area contributed by atoms with Gasteiger partial charge in [0, 0.05) is 30.4 Å². The number of anilines is 2. The lowest BCUT2D eigenvalue weighted by atomic mass is 10.2. The molecule has 0 spiro atoms. The van der Waals surface area contributed by atoms with E-state index in [0.29, 0.717) is 18.5 Å². The summed E-state index contributed by atoms with van der Waals surface area (Å²) in [6.07, 6.45) is 1.89. The van der Waals surface area contributed by atoms with Crippen molar-refractivity contribution in [2.24, 2.45) is 0 Å². The highest BCUT2D eigenvalue weighted by molar-refractivity contribution is 7.91. The third kappa shape index (κ3) is 3.82. The van der Waals surface area contributed by atoms with Crippen LogP contribution >= 0.6 is 0 Å². The Kier molecular flexibility index (Phi) is 4.25. The summed E-state index contributed by atoms with van der Waals surface area (Å²) in [6.45, 7) is 0.724. The number of nitrogens with one attached hydrogen (secondary N) is 2. The molecular weight excluding hydrogens is 318 g/mol. The van der Waals surface area contributed by atoms with Crippen LogP contribution in [0.2, 0.25) is 0 Å². The Morgan fingerprint density at radius 3 is 2.52 bits per heavy atom. The number of carbonyl (C=O) groups is 2. The largest absolute Gasteiger partial charge is 0.334 e. The number of benzene rings is 1. The average molecular weight is 337 g/mol. The second kappa shape index (κ2) is 6.19. The van der Waals surface area contributed by atoms with Crippen LogP contribution in [0.15, 0.2) is 24.3 Å². The van der Waals surface area contributed by atoms with E-state index in [-0.39, 0.29) is 23.5 Å².